The van der Waals surface area contributed by atoms with E-state index in [4.69, 9.17) is 4.99 Å². The van der Waals surface area contributed by atoms with Crippen LogP contribution in [0, 0.1) is 6.92 Å². The minimum atomic E-state index is -0.528. The molecule has 0 amide bonds. The maximum Gasteiger partial charge on any atom is 0.206 e. The van der Waals surface area contributed by atoms with Crippen LogP contribution in [0.1, 0.15) is 43.4 Å². The number of phenolic OH excluding ortho intramolecular Hbond substituents is 3. The average molecular weight is 384 g/mol. The van der Waals surface area contributed by atoms with Gasteiger partial charge in [-0.05, 0) is 31.9 Å². The Kier molecular flexibility index (Phi) is 6.50. The monoisotopic (exact) mass is 383 g/mol. The van der Waals surface area contributed by atoms with Crippen molar-refractivity contribution in [1.29, 1.82) is 0 Å². The molecular formula is C17H22ClN3O3S. The van der Waals surface area contributed by atoms with Crippen LogP contribution in [-0.2, 0) is 0 Å². The lowest BCUT2D eigenvalue weighted by molar-refractivity contribution is 0.368. The molecule has 1 aliphatic carbocycles. The molecule has 6 nitrogen and oxygen atoms in total. The number of aromatic nitrogens is 1. The van der Waals surface area contributed by atoms with Gasteiger partial charge in [0.15, 0.2) is 17.2 Å². The zero-order chi connectivity index (χ0) is 17.1. The van der Waals surface area contributed by atoms with Crippen molar-refractivity contribution < 1.29 is 15.3 Å². The lowest BCUT2D eigenvalue weighted by Gasteiger charge is -2.16. The molecule has 136 valence electrons. The van der Waals surface area contributed by atoms with E-state index in [1.807, 2.05) is 12.3 Å². The second-order valence-corrected chi connectivity index (χ2v) is 6.88. The van der Waals surface area contributed by atoms with Gasteiger partial charge in [0.05, 0.1) is 18.0 Å². The summed E-state index contributed by atoms with van der Waals surface area (Å²) in [5.41, 5.74) is 1.46. The number of hydrogen-bond acceptors (Lipinski definition) is 6. The lowest BCUT2D eigenvalue weighted by atomic mass is 9.96. The molecule has 1 saturated carbocycles. The van der Waals surface area contributed by atoms with Crippen LogP contribution in [0.2, 0.25) is 0 Å². The van der Waals surface area contributed by atoms with Crippen LogP contribution in [0.15, 0.2) is 27.6 Å². The van der Waals surface area contributed by atoms with Gasteiger partial charge < -0.3 is 15.3 Å². The van der Waals surface area contributed by atoms with E-state index in [0.717, 1.165) is 23.3 Å². The topological polar surface area (TPSA) is 90.3 Å². The molecule has 0 unspecified atom stereocenters. The Labute approximate surface area is 156 Å². The van der Waals surface area contributed by atoms with E-state index in [0.29, 0.717) is 11.6 Å². The summed E-state index contributed by atoms with van der Waals surface area (Å²) < 4.78 is 1.76. The summed E-state index contributed by atoms with van der Waals surface area (Å²) in [5.74, 6) is -1.29. The summed E-state index contributed by atoms with van der Waals surface area (Å²) in [6.45, 7) is 1.96. The molecule has 0 spiro atoms. The zero-order valence-electron chi connectivity index (χ0n) is 13.9. The first-order chi connectivity index (χ1) is 11.5. The third kappa shape index (κ3) is 4.55. The third-order valence-corrected chi connectivity index (χ3v) is 5.08. The summed E-state index contributed by atoms with van der Waals surface area (Å²) in [5, 5.41) is 35.0. The Hall–Kier alpha value is -1.99. The van der Waals surface area contributed by atoms with Gasteiger partial charge in [-0.25, -0.2) is 4.68 Å². The molecule has 0 aliphatic heterocycles. The minimum absolute atomic E-state index is 0. The molecule has 0 radical (unpaired) electrons. The van der Waals surface area contributed by atoms with Crippen molar-refractivity contribution in [2.24, 2.45) is 10.1 Å². The SMILES string of the molecule is Cc1csc(=NC2CCCCC2)n1/N=C/c1cc(O)c(O)c(O)c1.Cl. The van der Waals surface area contributed by atoms with Crippen molar-refractivity contribution in [2.75, 3.05) is 0 Å². The molecule has 25 heavy (non-hydrogen) atoms. The third-order valence-electron chi connectivity index (χ3n) is 4.13. The van der Waals surface area contributed by atoms with Gasteiger partial charge in [0.25, 0.3) is 0 Å². The van der Waals surface area contributed by atoms with Gasteiger partial charge >= 0.3 is 0 Å². The van der Waals surface area contributed by atoms with Crippen LogP contribution in [0.5, 0.6) is 17.2 Å². The van der Waals surface area contributed by atoms with E-state index in [-0.39, 0.29) is 23.9 Å². The van der Waals surface area contributed by atoms with E-state index in [2.05, 4.69) is 5.10 Å². The van der Waals surface area contributed by atoms with Gasteiger partial charge in [0.2, 0.25) is 4.80 Å². The van der Waals surface area contributed by atoms with E-state index < -0.39 is 5.75 Å². The van der Waals surface area contributed by atoms with Crippen LogP contribution >= 0.6 is 23.7 Å². The van der Waals surface area contributed by atoms with E-state index in [1.165, 1.54) is 37.6 Å². The molecule has 1 aliphatic rings. The molecule has 2 aromatic rings. The average Bonchev–Trinajstić information content (AvgIpc) is 2.91. The number of aromatic hydroxyl groups is 3. The highest BCUT2D eigenvalue weighted by molar-refractivity contribution is 7.07. The van der Waals surface area contributed by atoms with Gasteiger partial charge in [-0.1, -0.05) is 19.3 Å². The first-order valence-corrected chi connectivity index (χ1v) is 8.93. The molecule has 0 saturated heterocycles. The van der Waals surface area contributed by atoms with Crippen molar-refractivity contribution in [3.8, 4) is 17.2 Å². The van der Waals surface area contributed by atoms with Crippen LogP contribution in [-0.4, -0.2) is 32.3 Å². The summed E-state index contributed by atoms with van der Waals surface area (Å²) in [7, 11) is 0. The van der Waals surface area contributed by atoms with Crippen LogP contribution < -0.4 is 4.80 Å². The minimum Gasteiger partial charge on any atom is -0.504 e. The fourth-order valence-corrected chi connectivity index (χ4v) is 3.68. The normalized spacial score (nSPS) is 16.3. The number of hydrogen-bond donors (Lipinski definition) is 3. The maximum absolute atomic E-state index is 9.57. The first kappa shape index (κ1) is 19.3. The van der Waals surface area contributed by atoms with E-state index in [1.54, 1.807) is 16.0 Å². The molecule has 3 N–H and O–H groups in total. The highest BCUT2D eigenvalue weighted by Crippen LogP contribution is 2.34. The number of rotatable bonds is 3. The Morgan fingerprint density at radius 3 is 2.40 bits per heavy atom. The van der Waals surface area contributed by atoms with E-state index in [9.17, 15) is 15.3 Å². The zero-order valence-corrected chi connectivity index (χ0v) is 15.6. The largest absolute Gasteiger partial charge is 0.504 e. The van der Waals surface area contributed by atoms with Crippen molar-refractivity contribution in [3.05, 3.63) is 33.6 Å². The first-order valence-electron chi connectivity index (χ1n) is 8.05. The van der Waals surface area contributed by atoms with Gasteiger partial charge in [-0.2, -0.15) is 5.10 Å². The number of thiazole rings is 1. The number of aryl methyl sites for hydroxylation is 1. The molecular weight excluding hydrogens is 362 g/mol. The quantitative estimate of drug-likeness (QED) is 0.559. The van der Waals surface area contributed by atoms with Crippen molar-refractivity contribution in [3.63, 3.8) is 0 Å². The molecule has 1 fully saturated rings. The smallest absolute Gasteiger partial charge is 0.206 e. The fourth-order valence-electron chi connectivity index (χ4n) is 2.80. The Bertz CT molecular complexity index is 800. The van der Waals surface area contributed by atoms with Crippen LogP contribution in [0.3, 0.4) is 0 Å². The number of nitrogens with zero attached hydrogens (tertiary/aromatic N) is 3. The summed E-state index contributed by atoms with van der Waals surface area (Å²) in [6, 6.07) is 3.05. The highest BCUT2D eigenvalue weighted by atomic mass is 35.5. The van der Waals surface area contributed by atoms with Gasteiger partial charge in [-0.15, -0.1) is 23.7 Å². The van der Waals surface area contributed by atoms with Crippen LogP contribution in [0.25, 0.3) is 0 Å². The molecule has 8 heteroatoms. The Morgan fingerprint density at radius 2 is 1.76 bits per heavy atom. The van der Waals surface area contributed by atoms with Gasteiger partial charge in [-0.3, -0.25) is 4.99 Å². The molecule has 0 bridgehead atoms. The van der Waals surface area contributed by atoms with Crippen molar-refractivity contribution in [1.82, 2.24) is 4.68 Å². The summed E-state index contributed by atoms with van der Waals surface area (Å²) >= 11 is 1.56. The van der Waals surface area contributed by atoms with Gasteiger partial charge in [0.1, 0.15) is 0 Å². The lowest BCUT2D eigenvalue weighted by Crippen LogP contribution is -2.19. The summed E-state index contributed by atoms with van der Waals surface area (Å²) in [6.07, 6.45) is 7.53. The Balaban J connectivity index is 0.00000225. The summed E-state index contributed by atoms with van der Waals surface area (Å²) in [4.78, 5) is 5.68. The predicted molar refractivity (Wildman–Crippen MR) is 101 cm³/mol. The highest BCUT2D eigenvalue weighted by Gasteiger charge is 2.12. The predicted octanol–water partition coefficient (Wildman–Crippen LogP) is 3.51. The molecule has 1 aromatic heterocycles. The second-order valence-electron chi connectivity index (χ2n) is 6.04. The van der Waals surface area contributed by atoms with E-state index >= 15 is 0 Å². The van der Waals surface area contributed by atoms with Gasteiger partial charge in [0, 0.05) is 10.9 Å². The molecule has 1 heterocycles. The fraction of sp³-hybridized carbons (Fsp3) is 0.412. The molecule has 1 aromatic carbocycles. The molecule has 3 rings (SSSR count). The number of phenols is 3. The maximum atomic E-state index is 9.57. The molecule has 0 atom stereocenters. The second kappa shape index (κ2) is 8.40. The van der Waals surface area contributed by atoms with Crippen LogP contribution in [0.4, 0.5) is 0 Å². The van der Waals surface area contributed by atoms with Crippen molar-refractivity contribution >= 4 is 30.0 Å². The van der Waals surface area contributed by atoms with Crippen molar-refractivity contribution in [2.45, 2.75) is 45.1 Å². The number of halogens is 1. The Morgan fingerprint density at radius 1 is 1.12 bits per heavy atom. The standard InChI is InChI=1S/C17H21N3O3S.ClH/c1-11-10-24-17(19-13-5-3-2-4-6-13)20(11)18-9-12-7-14(21)16(23)15(22)8-12;/h7-10,13,21-23H,2-6H2,1H3;1H/b18-9+,19-17?;. The number of benzene rings is 1.